The highest BCUT2D eigenvalue weighted by molar-refractivity contribution is 7.10. The van der Waals surface area contributed by atoms with Crippen molar-refractivity contribution in [2.45, 2.75) is 5.92 Å². The fourth-order valence-electron chi connectivity index (χ4n) is 2.98. The molecule has 0 bridgehead atoms. The molecule has 0 fully saturated rings. The summed E-state index contributed by atoms with van der Waals surface area (Å²) < 4.78 is 11.6. The lowest BCUT2D eigenvalue weighted by atomic mass is 9.85. The third-order valence-electron chi connectivity index (χ3n) is 4.02. The molecule has 0 spiro atoms. The van der Waals surface area contributed by atoms with E-state index in [0.29, 0.717) is 18.8 Å². The average molecular weight is 354 g/mol. The summed E-state index contributed by atoms with van der Waals surface area (Å²) in [4.78, 5) is 2.21. The molecule has 1 atom stereocenters. The number of nitriles is 1. The van der Waals surface area contributed by atoms with Gasteiger partial charge >= 0.3 is 0 Å². The van der Waals surface area contributed by atoms with Gasteiger partial charge in [0.15, 0.2) is 0 Å². The zero-order valence-corrected chi connectivity index (χ0v) is 14.3. The summed E-state index contributed by atoms with van der Waals surface area (Å²) in [6.45, 7) is 0.918. The predicted molar refractivity (Wildman–Crippen MR) is 95.1 cm³/mol. The van der Waals surface area contributed by atoms with E-state index < -0.39 is 0 Å². The van der Waals surface area contributed by atoms with Crippen molar-refractivity contribution in [1.29, 1.82) is 5.26 Å². The van der Waals surface area contributed by atoms with Crippen molar-refractivity contribution < 1.29 is 9.47 Å². The summed E-state index contributed by atoms with van der Waals surface area (Å²) in [5.74, 6) is 0.754. The maximum atomic E-state index is 9.55. The van der Waals surface area contributed by atoms with Crippen LogP contribution in [0.15, 0.2) is 63.4 Å². The second kappa shape index (κ2) is 6.29. The van der Waals surface area contributed by atoms with Crippen molar-refractivity contribution in [1.82, 2.24) is 0 Å². The van der Waals surface area contributed by atoms with Crippen LogP contribution in [0.25, 0.3) is 6.08 Å². The van der Waals surface area contributed by atoms with E-state index in [4.69, 9.17) is 15.2 Å². The summed E-state index contributed by atoms with van der Waals surface area (Å²) >= 11 is 3.27. The third kappa shape index (κ3) is 2.57. The van der Waals surface area contributed by atoms with E-state index >= 15 is 0 Å². The van der Waals surface area contributed by atoms with Crippen molar-refractivity contribution >= 4 is 28.7 Å². The Morgan fingerprint density at radius 2 is 2.04 bits per heavy atom. The monoisotopic (exact) mass is 354 g/mol. The average Bonchev–Trinajstić information content (AvgIpc) is 3.28. The normalized spacial score (nSPS) is 22.3. The Morgan fingerprint density at radius 1 is 1.21 bits per heavy atom. The molecule has 0 aliphatic carbocycles. The highest BCUT2D eigenvalue weighted by atomic mass is 32.1. The Morgan fingerprint density at radius 3 is 2.75 bits per heavy atom. The first kappa shape index (κ1) is 15.2. The number of rotatable bonds is 2. The molecule has 0 aromatic carbocycles. The van der Waals surface area contributed by atoms with E-state index in [0.717, 1.165) is 26.7 Å². The molecule has 2 aromatic heterocycles. The summed E-state index contributed by atoms with van der Waals surface area (Å²) in [6.07, 6.45) is 2.06. The zero-order valence-electron chi connectivity index (χ0n) is 12.7. The van der Waals surface area contributed by atoms with Crippen molar-refractivity contribution in [3.8, 4) is 6.07 Å². The van der Waals surface area contributed by atoms with Crippen LogP contribution in [0.2, 0.25) is 0 Å². The van der Waals surface area contributed by atoms with Gasteiger partial charge in [-0.05, 0) is 29.0 Å². The molecule has 0 radical (unpaired) electrons. The zero-order chi connectivity index (χ0) is 16.5. The van der Waals surface area contributed by atoms with Crippen LogP contribution in [0.4, 0.5) is 0 Å². The summed E-state index contributed by atoms with van der Waals surface area (Å²) in [5.41, 5.74) is 8.45. The van der Waals surface area contributed by atoms with E-state index in [2.05, 4.69) is 12.1 Å². The number of allylic oxidation sites excluding steroid dienone is 1. The first-order chi connectivity index (χ1) is 11.8. The van der Waals surface area contributed by atoms with Crippen LogP contribution in [0.5, 0.6) is 0 Å². The van der Waals surface area contributed by atoms with Crippen molar-refractivity contribution in [2.75, 3.05) is 13.2 Å². The Hall–Kier alpha value is -2.33. The van der Waals surface area contributed by atoms with Crippen molar-refractivity contribution in [3.63, 3.8) is 0 Å². The van der Waals surface area contributed by atoms with Gasteiger partial charge in [-0.3, -0.25) is 0 Å². The smallest absolute Gasteiger partial charge is 0.205 e. The molecule has 2 aromatic rings. The van der Waals surface area contributed by atoms with E-state index in [1.165, 1.54) is 0 Å². The van der Waals surface area contributed by atoms with Crippen molar-refractivity contribution in [3.05, 3.63) is 73.1 Å². The van der Waals surface area contributed by atoms with E-state index in [-0.39, 0.29) is 11.8 Å². The molecular formula is C18H14N2O2S2. The van der Waals surface area contributed by atoms with Gasteiger partial charge in [-0.25, -0.2) is 0 Å². The molecule has 2 N–H and O–H groups in total. The lowest BCUT2D eigenvalue weighted by molar-refractivity contribution is 0.142. The SMILES string of the molecule is N#CC1=C(N)OC2=C(COC/C2=C/c2cccs2)C1c1cccs1. The lowest BCUT2D eigenvalue weighted by Gasteiger charge is -2.32. The van der Waals surface area contributed by atoms with Crippen LogP contribution in [0.3, 0.4) is 0 Å². The van der Waals surface area contributed by atoms with Crippen LogP contribution in [-0.4, -0.2) is 13.2 Å². The van der Waals surface area contributed by atoms with Crippen LogP contribution in [0, 0.1) is 11.3 Å². The van der Waals surface area contributed by atoms with E-state index in [1.807, 2.05) is 35.0 Å². The minimum Gasteiger partial charge on any atom is -0.440 e. The molecule has 120 valence electrons. The standard InChI is InChI=1S/C18H14N2O2S2/c19-8-13-16(15-4-2-6-24-15)14-10-21-9-11(17(14)22-18(13)20)7-12-3-1-5-23-12/h1-7,16H,9-10,20H2/b11-7-. The first-order valence-electron chi connectivity index (χ1n) is 7.44. The van der Waals surface area contributed by atoms with Gasteiger partial charge in [-0.2, -0.15) is 5.26 Å². The van der Waals surface area contributed by atoms with E-state index in [9.17, 15) is 5.26 Å². The Bertz CT molecular complexity index is 884. The van der Waals surface area contributed by atoms with Crippen LogP contribution >= 0.6 is 22.7 Å². The van der Waals surface area contributed by atoms with Gasteiger partial charge in [0.25, 0.3) is 0 Å². The lowest BCUT2D eigenvalue weighted by Crippen LogP contribution is -2.27. The fourth-order valence-corrected chi connectivity index (χ4v) is 4.53. The minimum absolute atomic E-state index is 0.189. The van der Waals surface area contributed by atoms with Crippen LogP contribution < -0.4 is 5.73 Å². The third-order valence-corrected chi connectivity index (χ3v) is 5.78. The van der Waals surface area contributed by atoms with Crippen LogP contribution in [-0.2, 0) is 9.47 Å². The predicted octanol–water partition coefficient (Wildman–Crippen LogP) is 3.99. The highest BCUT2D eigenvalue weighted by Gasteiger charge is 2.36. The van der Waals surface area contributed by atoms with Gasteiger partial charge in [0.1, 0.15) is 17.4 Å². The Labute approximate surface area is 147 Å². The highest BCUT2D eigenvalue weighted by Crippen LogP contribution is 2.44. The number of thiophene rings is 2. The second-order valence-corrected chi connectivity index (χ2v) is 7.43. The molecule has 6 heteroatoms. The number of ether oxygens (including phenoxy) is 2. The number of nitrogens with zero attached hydrogens (tertiary/aromatic N) is 1. The van der Waals surface area contributed by atoms with Gasteiger partial charge in [0.05, 0.1) is 19.1 Å². The molecule has 2 aliphatic rings. The molecule has 2 aliphatic heterocycles. The fraction of sp³-hybridized carbons (Fsp3) is 0.167. The summed E-state index contributed by atoms with van der Waals surface area (Å²) in [6, 6.07) is 10.3. The largest absolute Gasteiger partial charge is 0.440 e. The molecule has 24 heavy (non-hydrogen) atoms. The number of hydrogen-bond donors (Lipinski definition) is 1. The Kier molecular flexibility index (Phi) is 3.98. The Balaban J connectivity index is 1.84. The molecule has 4 rings (SSSR count). The summed E-state index contributed by atoms with van der Waals surface area (Å²) in [7, 11) is 0. The van der Waals surface area contributed by atoms with Gasteiger partial charge in [-0.1, -0.05) is 12.1 Å². The molecule has 0 saturated carbocycles. The van der Waals surface area contributed by atoms with E-state index in [1.54, 1.807) is 22.7 Å². The molecule has 4 nitrogen and oxygen atoms in total. The van der Waals surface area contributed by atoms with Gasteiger partial charge in [-0.15, -0.1) is 22.7 Å². The minimum atomic E-state index is -0.189. The molecular weight excluding hydrogens is 340 g/mol. The van der Waals surface area contributed by atoms with Gasteiger partial charge < -0.3 is 15.2 Å². The maximum absolute atomic E-state index is 9.55. The summed E-state index contributed by atoms with van der Waals surface area (Å²) in [5, 5.41) is 13.6. The van der Waals surface area contributed by atoms with Crippen molar-refractivity contribution in [2.24, 2.45) is 5.73 Å². The first-order valence-corrected chi connectivity index (χ1v) is 9.20. The quantitative estimate of drug-likeness (QED) is 0.885. The van der Waals surface area contributed by atoms with Gasteiger partial charge in [0.2, 0.25) is 5.88 Å². The molecule has 4 heterocycles. The topological polar surface area (TPSA) is 68.3 Å². The maximum Gasteiger partial charge on any atom is 0.205 e. The van der Waals surface area contributed by atoms with Crippen LogP contribution in [0.1, 0.15) is 15.7 Å². The second-order valence-electron chi connectivity index (χ2n) is 5.47. The molecule has 0 saturated heterocycles. The molecule has 1 unspecified atom stereocenters. The number of nitrogens with two attached hydrogens (primary N) is 1. The molecule has 0 amide bonds. The number of hydrogen-bond acceptors (Lipinski definition) is 6. The van der Waals surface area contributed by atoms with Gasteiger partial charge in [0, 0.05) is 20.9 Å².